The quantitative estimate of drug-likeness (QED) is 0.671. The number of hydrogen-bond acceptors (Lipinski definition) is 3. The number of ether oxygens (including phenoxy) is 1. The molecule has 2 rings (SSSR count). The van der Waals surface area contributed by atoms with Gasteiger partial charge >= 0.3 is 0 Å². The molecule has 1 aliphatic rings. The SMILES string of the molecule is COCCCc1ccc(N(CCN2CCCCCC2)C(C)=O)c(C)c1. The van der Waals surface area contributed by atoms with Crippen molar-refractivity contribution in [2.45, 2.75) is 52.4 Å². The first-order valence-corrected chi connectivity index (χ1v) is 9.70. The fourth-order valence-electron chi connectivity index (χ4n) is 3.65. The van der Waals surface area contributed by atoms with Crippen molar-refractivity contribution < 1.29 is 9.53 Å². The van der Waals surface area contributed by atoms with Crippen LogP contribution in [0.3, 0.4) is 0 Å². The molecule has 4 heteroatoms. The number of rotatable bonds is 8. The van der Waals surface area contributed by atoms with Crippen molar-refractivity contribution in [1.82, 2.24) is 4.90 Å². The summed E-state index contributed by atoms with van der Waals surface area (Å²) in [6.07, 6.45) is 7.31. The molecule has 0 radical (unpaired) electrons. The highest BCUT2D eigenvalue weighted by Gasteiger charge is 2.16. The number of likely N-dealkylation sites (tertiary alicyclic amines) is 1. The maximum Gasteiger partial charge on any atom is 0.223 e. The minimum atomic E-state index is 0.130. The summed E-state index contributed by atoms with van der Waals surface area (Å²) in [4.78, 5) is 16.7. The summed E-state index contributed by atoms with van der Waals surface area (Å²) in [5, 5.41) is 0. The minimum absolute atomic E-state index is 0.130. The van der Waals surface area contributed by atoms with Gasteiger partial charge in [0, 0.05) is 39.4 Å². The number of amides is 1. The molecule has 1 heterocycles. The average molecular weight is 347 g/mol. The van der Waals surface area contributed by atoms with Crippen LogP contribution in [0, 0.1) is 6.92 Å². The molecule has 1 aromatic carbocycles. The van der Waals surface area contributed by atoms with Crippen LogP contribution in [-0.2, 0) is 16.0 Å². The highest BCUT2D eigenvalue weighted by Crippen LogP contribution is 2.22. The lowest BCUT2D eigenvalue weighted by molar-refractivity contribution is -0.116. The molecule has 0 atom stereocenters. The summed E-state index contributed by atoms with van der Waals surface area (Å²) < 4.78 is 5.13. The molecule has 1 aromatic rings. The number of aryl methyl sites for hydroxylation is 2. The van der Waals surface area contributed by atoms with E-state index in [0.29, 0.717) is 0 Å². The molecule has 0 spiro atoms. The Labute approximate surface area is 153 Å². The van der Waals surface area contributed by atoms with Crippen LogP contribution in [0.15, 0.2) is 18.2 Å². The minimum Gasteiger partial charge on any atom is -0.385 e. The van der Waals surface area contributed by atoms with Gasteiger partial charge in [-0.1, -0.05) is 25.0 Å². The highest BCUT2D eigenvalue weighted by atomic mass is 16.5. The van der Waals surface area contributed by atoms with Crippen LogP contribution in [0.2, 0.25) is 0 Å². The molecule has 140 valence electrons. The molecule has 4 nitrogen and oxygen atoms in total. The van der Waals surface area contributed by atoms with Crippen LogP contribution in [0.25, 0.3) is 0 Å². The largest absolute Gasteiger partial charge is 0.385 e. The summed E-state index contributed by atoms with van der Waals surface area (Å²) in [5.41, 5.74) is 3.55. The van der Waals surface area contributed by atoms with Crippen molar-refractivity contribution in [2.24, 2.45) is 0 Å². The van der Waals surface area contributed by atoms with Crippen molar-refractivity contribution in [1.29, 1.82) is 0 Å². The molecule has 1 fully saturated rings. The molecule has 1 amide bonds. The molecular weight excluding hydrogens is 312 g/mol. The molecule has 0 unspecified atom stereocenters. The van der Waals surface area contributed by atoms with Crippen molar-refractivity contribution in [3.8, 4) is 0 Å². The maximum atomic E-state index is 12.2. The number of carbonyl (C=O) groups is 1. The second-order valence-electron chi connectivity index (χ2n) is 7.14. The molecule has 0 saturated carbocycles. The van der Waals surface area contributed by atoms with Gasteiger partial charge in [-0.25, -0.2) is 0 Å². The average Bonchev–Trinajstić information content (AvgIpc) is 2.85. The predicted octanol–water partition coefficient (Wildman–Crippen LogP) is 3.80. The maximum absolute atomic E-state index is 12.2. The summed E-state index contributed by atoms with van der Waals surface area (Å²) in [5.74, 6) is 0.130. The first-order chi connectivity index (χ1) is 12.1. The summed E-state index contributed by atoms with van der Waals surface area (Å²) in [6.45, 7) is 8.65. The van der Waals surface area contributed by atoms with Crippen LogP contribution in [0.1, 0.15) is 50.2 Å². The van der Waals surface area contributed by atoms with E-state index >= 15 is 0 Å². The van der Waals surface area contributed by atoms with Crippen LogP contribution in [0.5, 0.6) is 0 Å². The Morgan fingerprint density at radius 1 is 1.20 bits per heavy atom. The summed E-state index contributed by atoms with van der Waals surface area (Å²) in [6, 6.07) is 6.48. The van der Waals surface area contributed by atoms with Crippen LogP contribution < -0.4 is 4.90 Å². The Balaban J connectivity index is 1.99. The standard InChI is InChI=1S/C21H34N2O2/c1-18-17-20(9-8-16-25-3)10-11-21(18)23(19(2)24)15-14-22-12-6-4-5-7-13-22/h10-11,17H,4-9,12-16H2,1-3H3. The van der Waals surface area contributed by atoms with E-state index in [2.05, 4.69) is 30.0 Å². The molecule has 0 bridgehead atoms. The topological polar surface area (TPSA) is 32.8 Å². The van der Waals surface area contributed by atoms with Crippen LogP contribution in [0.4, 0.5) is 5.69 Å². The van der Waals surface area contributed by atoms with Crippen molar-refractivity contribution in [3.63, 3.8) is 0 Å². The highest BCUT2D eigenvalue weighted by molar-refractivity contribution is 5.92. The van der Waals surface area contributed by atoms with E-state index in [4.69, 9.17) is 4.74 Å². The summed E-state index contributed by atoms with van der Waals surface area (Å²) in [7, 11) is 1.74. The lowest BCUT2D eigenvalue weighted by Gasteiger charge is -2.27. The smallest absolute Gasteiger partial charge is 0.223 e. The third-order valence-electron chi connectivity index (χ3n) is 5.08. The lowest BCUT2D eigenvalue weighted by Crippen LogP contribution is -2.38. The van der Waals surface area contributed by atoms with Gasteiger partial charge in [0.05, 0.1) is 0 Å². The van der Waals surface area contributed by atoms with Gasteiger partial charge in [-0.05, 0) is 62.9 Å². The molecular formula is C21H34N2O2. The van der Waals surface area contributed by atoms with Gasteiger partial charge in [-0.2, -0.15) is 0 Å². The van der Waals surface area contributed by atoms with E-state index in [1.54, 1.807) is 14.0 Å². The fraction of sp³-hybridized carbons (Fsp3) is 0.667. The molecule has 1 aliphatic heterocycles. The third kappa shape index (κ3) is 6.44. The Morgan fingerprint density at radius 2 is 1.92 bits per heavy atom. The first kappa shape index (κ1) is 19.9. The fourth-order valence-corrected chi connectivity index (χ4v) is 3.65. The molecule has 1 saturated heterocycles. The third-order valence-corrected chi connectivity index (χ3v) is 5.08. The number of carbonyl (C=O) groups excluding carboxylic acids is 1. The number of anilines is 1. The van der Waals surface area contributed by atoms with Gasteiger partial charge in [0.25, 0.3) is 0 Å². The van der Waals surface area contributed by atoms with Gasteiger partial charge in [0.15, 0.2) is 0 Å². The Kier molecular flexibility index (Phi) is 8.42. The van der Waals surface area contributed by atoms with E-state index in [9.17, 15) is 4.79 Å². The van der Waals surface area contributed by atoms with E-state index in [1.807, 2.05) is 4.90 Å². The Hall–Kier alpha value is -1.39. The molecule has 0 N–H and O–H groups in total. The first-order valence-electron chi connectivity index (χ1n) is 9.70. The predicted molar refractivity (Wildman–Crippen MR) is 104 cm³/mol. The van der Waals surface area contributed by atoms with Gasteiger partial charge in [0.2, 0.25) is 5.91 Å². The van der Waals surface area contributed by atoms with Gasteiger partial charge in [-0.15, -0.1) is 0 Å². The number of methoxy groups -OCH3 is 1. The number of hydrogen-bond donors (Lipinski definition) is 0. The zero-order chi connectivity index (χ0) is 18.1. The van der Waals surface area contributed by atoms with Gasteiger partial charge in [0.1, 0.15) is 0 Å². The summed E-state index contributed by atoms with van der Waals surface area (Å²) >= 11 is 0. The zero-order valence-electron chi connectivity index (χ0n) is 16.2. The van der Waals surface area contributed by atoms with E-state index < -0.39 is 0 Å². The zero-order valence-corrected chi connectivity index (χ0v) is 16.2. The second-order valence-corrected chi connectivity index (χ2v) is 7.14. The number of benzene rings is 1. The lowest BCUT2D eigenvalue weighted by atomic mass is 10.0. The monoisotopic (exact) mass is 346 g/mol. The van der Waals surface area contributed by atoms with Crippen LogP contribution >= 0.6 is 0 Å². The Morgan fingerprint density at radius 3 is 2.52 bits per heavy atom. The van der Waals surface area contributed by atoms with E-state index in [-0.39, 0.29) is 5.91 Å². The Bertz CT molecular complexity index is 537. The van der Waals surface area contributed by atoms with Crippen LogP contribution in [-0.4, -0.2) is 50.7 Å². The van der Waals surface area contributed by atoms with Gasteiger partial charge in [-0.3, -0.25) is 4.79 Å². The van der Waals surface area contributed by atoms with Gasteiger partial charge < -0.3 is 14.5 Å². The van der Waals surface area contributed by atoms with E-state index in [0.717, 1.165) is 38.2 Å². The molecule has 25 heavy (non-hydrogen) atoms. The van der Waals surface area contributed by atoms with E-state index in [1.165, 1.54) is 49.9 Å². The normalized spacial score (nSPS) is 15.8. The number of nitrogens with zero attached hydrogens (tertiary/aromatic N) is 2. The van der Waals surface area contributed by atoms with Crippen molar-refractivity contribution in [2.75, 3.05) is 44.8 Å². The molecule has 0 aromatic heterocycles. The molecule has 0 aliphatic carbocycles. The van der Waals surface area contributed by atoms with Crippen molar-refractivity contribution >= 4 is 11.6 Å². The van der Waals surface area contributed by atoms with Crippen molar-refractivity contribution in [3.05, 3.63) is 29.3 Å². The second kappa shape index (κ2) is 10.6.